The summed E-state index contributed by atoms with van der Waals surface area (Å²) in [5.74, 6) is 0.496. The minimum atomic E-state index is -0.250. The van der Waals surface area contributed by atoms with Gasteiger partial charge in [-0.2, -0.15) is 4.98 Å². The molecule has 28 heavy (non-hydrogen) atoms. The summed E-state index contributed by atoms with van der Waals surface area (Å²) < 4.78 is 1.73. The summed E-state index contributed by atoms with van der Waals surface area (Å²) in [6, 6.07) is 17.2. The average Bonchev–Trinajstić information content (AvgIpc) is 2.68. The standard InChI is InChI=1S/C21H20N6O/c1-13-7-6-8-15-11-17(14(2)25-21-24-12-23-20(22)26-21)27(19(28)18(13)15)16-9-4-3-5-10-16/h3-12,14H,1-2H3,(H3,22,23,24,25,26)/t14-/m0/s1. The lowest BCUT2D eigenvalue weighted by Crippen LogP contribution is -2.26. The van der Waals surface area contributed by atoms with Gasteiger partial charge in [-0.05, 0) is 43.0 Å². The number of nitrogens with one attached hydrogen (secondary N) is 1. The highest BCUT2D eigenvalue weighted by Crippen LogP contribution is 2.24. The van der Waals surface area contributed by atoms with Gasteiger partial charge < -0.3 is 11.1 Å². The van der Waals surface area contributed by atoms with E-state index in [9.17, 15) is 4.79 Å². The van der Waals surface area contributed by atoms with E-state index in [0.717, 1.165) is 22.3 Å². The summed E-state index contributed by atoms with van der Waals surface area (Å²) in [4.78, 5) is 25.5. The average molecular weight is 372 g/mol. The van der Waals surface area contributed by atoms with Crippen LogP contribution < -0.4 is 16.6 Å². The molecular weight excluding hydrogens is 352 g/mol. The van der Waals surface area contributed by atoms with Crippen LogP contribution in [-0.4, -0.2) is 19.5 Å². The van der Waals surface area contributed by atoms with Crippen molar-refractivity contribution < 1.29 is 0 Å². The van der Waals surface area contributed by atoms with Gasteiger partial charge >= 0.3 is 0 Å². The van der Waals surface area contributed by atoms with Crippen LogP contribution in [0.2, 0.25) is 0 Å². The lowest BCUT2D eigenvalue weighted by molar-refractivity contribution is 0.766. The Labute approximate surface area is 161 Å². The van der Waals surface area contributed by atoms with E-state index in [1.165, 1.54) is 6.33 Å². The second-order valence-corrected chi connectivity index (χ2v) is 6.62. The van der Waals surface area contributed by atoms with Gasteiger partial charge in [-0.25, -0.2) is 9.97 Å². The van der Waals surface area contributed by atoms with E-state index in [1.807, 2.05) is 68.4 Å². The van der Waals surface area contributed by atoms with Crippen molar-refractivity contribution in [2.75, 3.05) is 11.1 Å². The number of hydrogen-bond donors (Lipinski definition) is 2. The Morgan fingerprint density at radius 1 is 1.07 bits per heavy atom. The zero-order chi connectivity index (χ0) is 19.7. The van der Waals surface area contributed by atoms with Gasteiger partial charge in [0.05, 0.1) is 11.4 Å². The maximum atomic E-state index is 13.5. The van der Waals surface area contributed by atoms with E-state index in [0.29, 0.717) is 11.3 Å². The number of fused-ring (bicyclic) bond motifs is 1. The summed E-state index contributed by atoms with van der Waals surface area (Å²) in [5.41, 5.74) is 8.15. The second-order valence-electron chi connectivity index (χ2n) is 6.62. The summed E-state index contributed by atoms with van der Waals surface area (Å²) in [7, 11) is 0. The van der Waals surface area contributed by atoms with Crippen LogP contribution in [0.3, 0.4) is 0 Å². The number of aromatic nitrogens is 4. The molecule has 0 saturated heterocycles. The van der Waals surface area contributed by atoms with Gasteiger partial charge in [0, 0.05) is 11.4 Å². The van der Waals surface area contributed by atoms with Crippen LogP contribution in [0.25, 0.3) is 16.5 Å². The van der Waals surface area contributed by atoms with Gasteiger partial charge in [0.25, 0.3) is 5.56 Å². The maximum Gasteiger partial charge on any atom is 0.263 e. The number of nitrogens with zero attached hydrogens (tertiary/aromatic N) is 4. The molecule has 7 nitrogen and oxygen atoms in total. The molecule has 0 amide bonds. The number of nitrogen functional groups attached to an aromatic ring is 1. The number of pyridine rings is 1. The molecule has 0 aliphatic heterocycles. The second kappa shape index (κ2) is 7.11. The third kappa shape index (κ3) is 3.18. The number of nitrogens with two attached hydrogens (primary N) is 1. The van der Waals surface area contributed by atoms with E-state index in [4.69, 9.17) is 5.73 Å². The third-order valence-corrected chi connectivity index (χ3v) is 4.68. The van der Waals surface area contributed by atoms with Crippen molar-refractivity contribution in [2.24, 2.45) is 0 Å². The minimum absolute atomic E-state index is 0.0550. The molecule has 0 bridgehead atoms. The van der Waals surface area contributed by atoms with E-state index in [-0.39, 0.29) is 17.5 Å². The molecule has 0 unspecified atom stereocenters. The zero-order valence-electron chi connectivity index (χ0n) is 15.6. The molecule has 0 saturated carbocycles. The fraction of sp³-hybridized carbons (Fsp3) is 0.143. The molecule has 2 aromatic carbocycles. The highest BCUT2D eigenvalue weighted by molar-refractivity contribution is 5.85. The van der Waals surface area contributed by atoms with Crippen LogP contribution in [0.4, 0.5) is 11.9 Å². The predicted molar refractivity (Wildman–Crippen MR) is 111 cm³/mol. The summed E-state index contributed by atoms with van der Waals surface area (Å²) in [6.07, 6.45) is 1.35. The number of anilines is 2. The van der Waals surface area contributed by atoms with Gasteiger partial charge in [0.15, 0.2) is 0 Å². The zero-order valence-corrected chi connectivity index (χ0v) is 15.6. The highest BCUT2D eigenvalue weighted by Gasteiger charge is 2.18. The summed E-state index contributed by atoms with van der Waals surface area (Å²) in [5, 5.41) is 4.83. The van der Waals surface area contributed by atoms with Crippen molar-refractivity contribution >= 4 is 22.7 Å². The smallest absolute Gasteiger partial charge is 0.263 e. The monoisotopic (exact) mass is 372 g/mol. The number of aryl methyl sites for hydroxylation is 1. The number of benzene rings is 2. The highest BCUT2D eigenvalue weighted by atomic mass is 16.1. The van der Waals surface area contributed by atoms with Crippen molar-refractivity contribution in [1.29, 1.82) is 0 Å². The van der Waals surface area contributed by atoms with Gasteiger partial charge in [-0.3, -0.25) is 9.36 Å². The molecule has 140 valence electrons. The van der Waals surface area contributed by atoms with E-state index in [1.54, 1.807) is 4.57 Å². The van der Waals surface area contributed by atoms with Crippen molar-refractivity contribution in [2.45, 2.75) is 19.9 Å². The Morgan fingerprint density at radius 3 is 2.61 bits per heavy atom. The van der Waals surface area contributed by atoms with Crippen molar-refractivity contribution in [1.82, 2.24) is 19.5 Å². The molecule has 0 spiro atoms. The predicted octanol–water partition coefficient (Wildman–Crippen LogP) is 3.24. The van der Waals surface area contributed by atoms with E-state index >= 15 is 0 Å². The van der Waals surface area contributed by atoms with Crippen LogP contribution in [0.1, 0.15) is 24.2 Å². The topological polar surface area (TPSA) is 98.7 Å². The quantitative estimate of drug-likeness (QED) is 0.571. The number of hydrogen-bond acceptors (Lipinski definition) is 6. The molecule has 3 N–H and O–H groups in total. The number of rotatable bonds is 4. The van der Waals surface area contributed by atoms with Crippen LogP contribution in [0, 0.1) is 6.92 Å². The molecule has 0 aliphatic carbocycles. The molecule has 0 aliphatic rings. The first-order chi connectivity index (χ1) is 13.5. The van der Waals surface area contributed by atoms with Gasteiger partial charge in [-0.1, -0.05) is 36.4 Å². The first-order valence-electron chi connectivity index (χ1n) is 8.96. The van der Waals surface area contributed by atoms with E-state index in [2.05, 4.69) is 20.3 Å². The van der Waals surface area contributed by atoms with Crippen molar-refractivity contribution in [3.05, 3.63) is 82.5 Å². The Balaban J connectivity index is 1.92. The fourth-order valence-corrected chi connectivity index (χ4v) is 3.36. The molecule has 0 radical (unpaired) electrons. The van der Waals surface area contributed by atoms with E-state index < -0.39 is 0 Å². The van der Waals surface area contributed by atoms with Crippen molar-refractivity contribution in [3.8, 4) is 5.69 Å². The van der Waals surface area contributed by atoms with Gasteiger partial charge in [-0.15, -0.1) is 0 Å². The Bertz CT molecular complexity index is 1200. The molecule has 1 atom stereocenters. The fourth-order valence-electron chi connectivity index (χ4n) is 3.36. The first-order valence-corrected chi connectivity index (χ1v) is 8.96. The lowest BCUT2D eigenvalue weighted by atomic mass is 10.0. The Kier molecular flexibility index (Phi) is 4.49. The van der Waals surface area contributed by atoms with Crippen LogP contribution in [-0.2, 0) is 0 Å². The normalized spacial score (nSPS) is 12.1. The summed E-state index contributed by atoms with van der Waals surface area (Å²) in [6.45, 7) is 3.91. The van der Waals surface area contributed by atoms with Gasteiger partial charge in [0.2, 0.25) is 11.9 Å². The third-order valence-electron chi connectivity index (χ3n) is 4.68. The minimum Gasteiger partial charge on any atom is -0.368 e. The lowest BCUT2D eigenvalue weighted by Gasteiger charge is -2.21. The first kappa shape index (κ1) is 17.7. The molecule has 2 aromatic heterocycles. The molecular formula is C21H20N6O. The molecule has 4 rings (SSSR count). The van der Waals surface area contributed by atoms with Crippen LogP contribution >= 0.6 is 0 Å². The summed E-state index contributed by atoms with van der Waals surface area (Å²) >= 11 is 0. The molecule has 0 fully saturated rings. The largest absolute Gasteiger partial charge is 0.368 e. The van der Waals surface area contributed by atoms with Crippen LogP contribution in [0.15, 0.2) is 65.7 Å². The SMILES string of the molecule is Cc1cccc2cc([C@H](C)Nc3ncnc(N)n3)n(-c3ccccc3)c(=O)c12. The molecule has 2 heterocycles. The molecule has 4 aromatic rings. The Hall–Kier alpha value is -3.74. The van der Waals surface area contributed by atoms with Crippen molar-refractivity contribution in [3.63, 3.8) is 0 Å². The Morgan fingerprint density at radius 2 is 1.86 bits per heavy atom. The maximum absolute atomic E-state index is 13.5. The number of para-hydroxylation sites is 1. The van der Waals surface area contributed by atoms with Gasteiger partial charge in [0.1, 0.15) is 6.33 Å². The van der Waals surface area contributed by atoms with Crippen LogP contribution in [0.5, 0.6) is 0 Å². The molecule has 7 heteroatoms.